The van der Waals surface area contributed by atoms with E-state index in [0.717, 1.165) is 11.1 Å². The van der Waals surface area contributed by atoms with Gasteiger partial charge in [0.05, 0.1) is 12.7 Å². The lowest BCUT2D eigenvalue weighted by molar-refractivity contribution is 0.408. The van der Waals surface area contributed by atoms with Gasteiger partial charge in [0.1, 0.15) is 11.5 Å². The van der Waals surface area contributed by atoms with Crippen molar-refractivity contribution in [2.75, 3.05) is 7.11 Å². The van der Waals surface area contributed by atoms with Crippen LogP contribution in [0.2, 0.25) is 0 Å². The highest BCUT2D eigenvalue weighted by atomic mass is 16.5. The first-order valence-electron chi connectivity index (χ1n) is 10.5. The zero-order valence-corrected chi connectivity index (χ0v) is 18.7. The van der Waals surface area contributed by atoms with Crippen molar-refractivity contribution in [3.05, 3.63) is 78.9 Å². The van der Waals surface area contributed by atoms with Crippen molar-refractivity contribution < 1.29 is 9.84 Å². The highest BCUT2D eigenvalue weighted by molar-refractivity contribution is 5.70. The summed E-state index contributed by atoms with van der Waals surface area (Å²) in [5.74, 6) is 2.13. The van der Waals surface area contributed by atoms with E-state index in [1.807, 2.05) is 88.4 Å². The topological polar surface area (TPSA) is 68.1 Å². The van der Waals surface area contributed by atoms with Crippen molar-refractivity contribution in [3.63, 3.8) is 0 Å². The van der Waals surface area contributed by atoms with Crippen molar-refractivity contribution in [2.24, 2.45) is 0 Å². The quantitative estimate of drug-likeness (QED) is 0.405. The van der Waals surface area contributed by atoms with Gasteiger partial charge in [-0.25, -0.2) is 15.0 Å². The Hall–Kier alpha value is -3.73. The fourth-order valence-electron chi connectivity index (χ4n) is 2.76. The molecule has 0 spiro atoms. The van der Waals surface area contributed by atoms with E-state index >= 15 is 0 Å². The van der Waals surface area contributed by atoms with Crippen LogP contribution in [0.1, 0.15) is 27.7 Å². The third-order valence-electron chi connectivity index (χ3n) is 4.15. The third kappa shape index (κ3) is 5.89. The molecule has 0 aliphatic heterocycles. The molecule has 160 valence electrons. The van der Waals surface area contributed by atoms with Gasteiger partial charge in [0.2, 0.25) is 0 Å². The van der Waals surface area contributed by atoms with E-state index in [1.165, 1.54) is 0 Å². The normalized spacial score (nSPS) is 9.58. The summed E-state index contributed by atoms with van der Waals surface area (Å²) in [7, 11) is 1.55. The minimum Gasteiger partial charge on any atom is -0.507 e. The average molecular weight is 416 g/mol. The molecule has 3 aromatic carbocycles. The molecular formula is C26H29N3O2. The number of phenolic OH excluding ortho intramolecular Hbond substituents is 1. The van der Waals surface area contributed by atoms with Crippen LogP contribution >= 0.6 is 0 Å². The van der Waals surface area contributed by atoms with Gasteiger partial charge in [-0.3, -0.25) is 0 Å². The van der Waals surface area contributed by atoms with E-state index in [9.17, 15) is 5.11 Å². The number of hydrogen-bond donors (Lipinski definition) is 1. The van der Waals surface area contributed by atoms with Gasteiger partial charge < -0.3 is 9.84 Å². The van der Waals surface area contributed by atoms with Gasteiger partial charge in [0.15, 0.2) is 17.5 Å². The van der Waals surface area contributed by atoms with E-state index in [-0.39, 0.29) is 5.75 Å². The molecule has 0 unspecified atom stereocenters. The third-order valence-corrected chi connectivity index (χ3v) is 4.15. The first-order chi connectivity index (χ1) is 15.2. The predicted octanol–water partition coefficient (Wildman–Crippen LogP) is 6.64. The summed E-state index contributed by atoms with van der Waals surface area (Å²) >= 11 is 0. The maximum atomic E-state index is 10.4. The van der Waals surface area contributed by atoms with Crippen LogP contribution in [-0.4, -0.2) is 27.2 Å². The van der Waals surface area contributed by atoms with E-state index < -0.39 is 0 Å². The second-order valence-corrected chi connectivity index (χ2v) is 5.92. The Balaban J connectivity index is 0.000000807. The SMILES string of the molecule is CC.CC.COc1ccc(-c2nc(-c3ccccc3)nc(-c3ccccc3)n2)c(O)c1. The number of hydrogen-bond acceptors (Lipinski definition) is 5. The van der Waals surface area contributed by atoms with Crippen LogP contribution in [0.4, 0.5) is 0 Å². The molecule has 1 aromatic heterocycles. The van der Waals surface area contributed by atoms with Crippen molar-refractivity contribution in [1.82, 2.24) is 15.0 Å². The number of rotatable bonds is 4. The molecule has 0 saturated carbocycles. The minimum absolute atomic E-state index is 0.0542. The molecule has 4 rings (SSSR count). The fraction of sp³-hybridized carbons (Fsp3) is 0.192. The lowest BCUT2D eigenvalue weighted by Crippen LogP contribution is -2.00. The van der Waals surface area contributed by atoms with Gasteiger partial charge >= 0.3 is 0 Å². The van der Waals surface area contributed by atoms with Crippen LogP contribution in [-0.2, 0) is 0 Å². The number of methoxy groups -OCH3 is 1. The average Bonchev–Trinajstić information content (AvgIpc) is 2.87. The molecule has 0 aliphatic carbocycles. The molecule has 5 heteroatoms. The summed E-state index contributed by atoms with van der Waals surface area (Å²) in [6, 6.07) is 24.5. The molecule has 1 N–H and O–H groups in total. The van der Waals surface area contributed by atoms with Gasteiger partial charge in [-0.15, -0.1) is 0 Å². The first-order valence-corrected chi connectivity index (χ1v) is 10.5. The van der Waals surface area contributed by atoms with Gasteiger partial charge in [-0.1, -0.05) is 88.4 Å². The summed E-state index contributed by atoms with van der Waals surface area (Å²) in [4.78, 5) is 13.8. The van der Waals surface area contributed by atoms with Crippen LogP contribution in [0.25, 0.3) is 34.2 Å². The molecule has 0 atom stereocenters. The van der Waals surface area contributed by atoms with Gasteiger partial charge in [0.25, 0.3) is 0 Å². The van der Waals surface area contributed by atoms with Crippen LogP contribution < -0.4 is 4.74 Å². The summed E-state index contributed by atoms with van der Waals surface area (Å²) in [6.07, 6.45) is 0. The monoisotopic (exact) mass is 415 g/mol. The molecule has 0 bridgehead atoms. The molecule has 0 amide bonds. The van der Waals surface area contributed by atoms with Crippen LogP contribution in [0.5, 0.6) is 11.5 Å². The molecule has 0 radical (unpaired) electrons. The second-order valence-electron chi connectivity index (χ2n) is 5.92. The molecule has 0 saturated heterocycles. The molecule has 0 aliphatic rings. The Bertz CT molecular complexity index is 1010. The number of aromatic nitrogens is 3. The standard InChI is InChI=1S/C22H17N3O2.2C2H6/c1-27-17-12-13-18(19(26)14-17)22-24-20(15-8-4-2-5-9-15)23-21(25-22)16-10-6-3-7-11-16;2*1-2/h2-14,26H,1H3;2*1-2H3. The highest BCUT2D eigenvalue weighted by Gasteiger charge is 2.14. The van der Waals surface area contributed by atoms with Crippen molar-refractivity contribution >= 4 is 0 Å². The Morgan fingerprint density at radius 3 is 1.48 bits per heavy atom. The maximum Gasteiger partial charge on any atom is 0.167 e. The van der Waals surface area contributed by atoms with Crippen molar-refractivity contribution in [1.29, 1.82) is 0 Å². The maximum absolute atomic E-state index is 10.4. The molecule has 1 heterocycles. The number of ether oxygens (including phenoxy) is 1. The molecule has 31 heavy (non-hydrogen) atoms. The second kappa shape index (κ2) is 12.1. The van der Waals surface area contributed by atoms with E-state index in [0.29, 0.717) is 28.8 Å². The predicted molar refractivity (Wildman–Crippen MR) is 127 cm³/mol. The Morgan fingerprint density at radius 2 is 1.06 bits per heavy atom. The summed E-state index contributed by atoms with van der Waals surface area (Å²) < 4.78 is 5.16. The zero-order chi connectivity index (χ0) is 22.6. The number of benzene rings is 3. The Labute approximate surface area is 184 Å². The van der Waals surface area contributed by atoms with Crippen LogP contribution in [0, 0.1) is 0 Å². The highest BCUT2D eigenvalue weighted by Crippen LogP contribution is 2.32. The smallest absolute Gasteiger partial charge is 0.167 e. The summed E-state index contributed by atoms with van der Waals surface area (Å²) in [5, 5.41) is 10.4. The summed E-state index contributed by atoms with van der Waals surface area (Å²) in [5.41, 5.74) is 2.28. The van der Waals surface area contributed by atoms with Crippen LogP contribution in [0.3, 0.4) is 0 Å². The van der Waals surface area contributed by atoms with Gasteiger partial charge in [-0.2, -0.15) is 0 Å². The number of phenols is 1. The molecule has 0 fully saturated rings. The molecular weight excluding hydrogens is 386 g/mol. The zero-order valence-electron chi connectivity index (χ0n) is 18.7. The lowest BCUT2D eigenvalue weighted by atomic mass is 10.1. The van der Waals surface area contributed by atoms with Gasteiger partial charge in [0, 0.05) is 17.2 Å². The van der Waals surface area contributed by atoms with Gasteiger partial charge in [-0.05, 0) is 12.1 Å². The largest absolute Gasteiger partial charge is 0.507 e. The lowest BCUT2D eigenvalue weighted by Gasteiger charge is -2.10. The van der Waals surface area contributed by atoms with E-state index in [4.69, 9.17) is 4.74 Å². The Kier molecular flexibility index (Phi) is 9.17. The van der Waals surface area contributed by atoms with E-state index in [2.05, 4.69) is 15.0 Å². The number of nitrogens with zero attached hydrogens (tertiary/aromatic N) is 3. The van der Waals surface area contributed by atoms with Crippen molar-refractivity contribution in [2.45, 2.75) is 27.7 Å². The van der Waals surface area contributed by atoms with Crippen LogP contribution in [0.15, 0.2) is 78.9 Å². The Morgan fingerprint density at radius 1 is 0.613 bits per heavy atom. The van der Waals surface area contributed by atoms with Crippen molar-refractivity contribution in [3.8, 4) is 45.7 Å². The first kappa shape index (κ1) is 23.5. The summed E-state index contributed by atoms with van der Waals surface area (Å²) in [6.45, 7) is 8.00. The molecule has 5 nitrogen and oxygen atoms in total. The fourth-order valence-corrected chi connectivity index (χ4v) is 2.76. The molecule has 4 aromatic rings. The number of aromatic hydroxyl groups is 1. The van der Waals surface area contributed by atoms with E-state index in [1.54, 1.807) is 25.3 Å². The minimum atomic E-state index is 0.0542.